The van der Waals surface area contributed by atoms with Crippen molar-refractivity contribution < 1.29 is 28.4 Å². The third-order valence-corrected chi connectivity index (χ3v) is 5.19. The molecule has 30 heavy (non-hydrogen) atoms. The van der Waals surface area contributed by atoms with Crippen molar-refractivity contribution in [2.24, 2.45) is 0 Å². The summed E-state index contributed by atoms with van der Waals surface area (Å²) in [5, 5.41) is 1.08. The molecule has 0 aliphatic heterocycles. The predicted octanol–water partition coefficient (Wildman–Crippen LogP) is 4.65. The number of ether oxygens (including phenoxy) is 6. The number of hydrogen-bond acceptors (Lipinski definition) is 6. The Morgan fingerprint density at radius 2 is 1.43 bits per heavy atom. The zero-order valence-electron chi connectivity index (χ0n) is 18.6. The summed E-state index contributed by atoms with van der Waals surface area (Å²) in [5.41, 5.74) is 4.07. The van der Waals surface area contributed by atoms with Gasteiger partial charge in [-0.3, -0.25) is 0 Å². The Morgan fingerprint density at radius 1 is 0.800 bits per heavy atom. The van der Waals surface area contributed by atoms with E-state index in [0.29, 0.717) is 28.7 Å². The van der Waals surface area contributed by atoms with Gasteiger partial charge >= 0.3 is 0 Å². The van der Waals surface area contributed by atoms with Crippen LogP contribution in [0.3, 0.4) is 0 Å². The number of fused-ring (bicyclic) bond motifs is 1. The molecule has 0 radical (unpaired) electrons. The first-order valence-electron chi connectivity index (χ1n) is 9.68. The second-order valence-electron chi connectivity index (χ2n) is 6.68. The fourth-order valence-corrected chi connectivity index (χ4v) is 3.89. The minimum atomic E-state index is 0.128. The van der Waals surface area contributed by atoms with Crippen molar-refractivity contribution in [2.75, 3.05) is 42.3 Å². The van der Waals surface area contributed by atoms with Crippen LogP contribution in [0.25, 0.3) is 22.2 Å². The Labute approximate surface area is 177 Å². The van der Waals surface area contributed by atoms with E-state index in [-0.39, 0.29) is 6.79 Å². The summed E-state index contributed by atoms with van der Waals surface area (Å²) < 4.78 is 35.4. The van der Waals surface area contributed by atoms with Crippen LogP contribution in [0.2, 0.25) is 0 Å². The van der Waals surface area contributed by atoms with E-state index in [1.807, 2.05) is 18.2 Å². The fraction of sp³-hybridized carbons (Fsp3) is 0.391. The number of aromatic nitrogens is 1. The standard InChI is InChI=1S/C23H29NO6/c1-8-24-20(15-11-18(27-5)22(29-7)19(12-15)28-6)14(2)16-9-10-17(26-4)23(21(16)24)30-13-25-3/h9-12H,8,13H2,1-7H3. The molecule has 0 bridgehead atoms. The summed E-state index contributed by atoms with van der Waals surface area (Å²) in [6.07, 6.45) is 0. The first kappa shape index (κ1) is 21.6. The third-order valence-electron chi connectivity index (χ3n) is 5.19. The molecule has 0 N–H and O–H groups in total. The van der Waals surface area contributed by atoms with E-state index in [1.54, 1.807) is 35.5 Å². The molecule has 1 heterocycles. The van der Waals surface area contributed by atoms with Gasteiger partial charge in [-0.05, 0) is 43.7 Å². The molecule has 0 atom stereocenters. The van der Waals surface area contributed by atoms with Gasteiger partial charge in [0.2, 0.25) is 5.75 Å². The van der Waals surface area contributed by atoms with Gasteiger partial charge in [0.05, 0.1) is 39.6 Å². The van der Waals surface area contributed by atoms with Crippen LogP contribution in [0.5, 0.6) is 28.7 Å². The minimum absolute atomic E-state index is 0.128. The molecule has 0 aliphatic carbocycles. The molecule has 0 saturated heterocycles. The molecule has 3 aromatic rings. The first-order chi connectivity index (χ1) is 14.6. The molecule has 0 unspecified atom stereocenters. The van der Waals surface area contributed by atoms with Gasteiger partial charge in [-0.25, -0.2) is 0 Å². The lowest BCUT2D eigenvalue weighted by molar-refractivity contribution is 0.0500. The maximum atomic E-state index is 5.93. The smallest absolute Gasteiger partial charge is 0.203 e. The number of rotatable bonds is 9. The lowest BCUT2D eigenvalue weighted by atomic mass is 10.0. The minimum Gasteiger partial charge on any atom is -0.493 e. The molecular weight excluding hydrogens is 386 g/mol. The topological polar surface area (TPSA) is 60.3 Å². The highest BCUT2D eigenvalue weighted by atomic mass is 16.7. The molecule has 3 rings (SSSR count). The van der Waals surface area contributed by atoms with Gasteiger partial charge in [0, 0.05) is 24.6 Å². The van der Waals surface area contributed by atoms with Crippen LogP contribution in [0.1, 0.15) is 12.5 Å². The van der Waals surface area contributed by atoms with Gasteiger partial charge < -0.3 is 33.0 Å². The quantitative estimate of drug-likeness (QED) is 0.474. The molecule has 0 saturated carbocycles. The van der Waals surface area contributed by atoms with Crippen LogP contribution in [0, 0.1) is 6.92 Å². The van der Waals surface area contributed by atoms with Crippen LogP contribution < -0.4 is 23.7 Å². The summed E-state index contributed by atoms with van der Waals surface area (Å²) >= 11 is 0. The SMILES string of the molecule is CCn1c(-c2cc(OC)c(OC)c(OC)c2)c(C)c2ccc(OC)c(OCOC)c21. The molecule has 0 spiro atoms. The highest BCUT2D eigenvalue weighted by Gasteiger charge is 2.23. The Bertz CT molecular complexity index is 1020. The van der Waals surface area contributed by atoms with Crippen molar-refractivity contribution in [3.63, 3.8) is 0 Å². The van der Waals surface area contributed by atoms with Crippen molar-refractivity contribution in [2.45, 2.75) is 20.4 Å². The summed E-state index contributed by atoms with van der Waals surface area (Å²) in [7, 11) is 8.06. The van der Waals surface area contributed by atoms with Gasteiger partial charge in [-0.1, -0.05) is 0 Å². The number of methoxy groups -OCH3 is 5. The van der Waals surface area contributed by atoms with E-state index in [4.69, 9.17) is 28.4 Å². The first-order valence-corrected chi connectivity index (χ1v) is 9.68. The van der Waals surface area contributed by atoms with Crippen molar-refractivity contribution >= 4 is 10.9 Å². The van der Waals surface area contributed by atoms with Crippen molar-refractivity contribution in [1.82, 2.24) is 4.57 Å². The van der Waals surface area contributed by atoms with Crippen molar-refractivity contribution in [3.8, 4) is 40.0 Å². The zero-order valence-corrected chi connectivity index (χ0v) is 18.6. The van der Waals surface area contributed by atoms with Gasteiger partial charge in [0.15, 0.2) is 29.8 Å². The molecule has 0 amide bonds. The van der Waals surface area contributed by atoms with Crippen LogP contribution in [0.15, 0.2) is 24.3 Å². The van der Waals surface area contributed by atoms with E-state index in [1.165, 1.54) is 0 Å². The predicted molar refractivity (Wildman–Crippen MR) is 116 cm³/mol. The van der Waals surface area contributed by atoms with Crippen LogP contribution >= 0.6 is 0 Å². The number of benzene rings is 2. The van der Waals surface area contributed by atoms with E-state index in [2.05, 4.69) is 24.5 Å². The zero-order chi connectivity index (χ0) is 21.8. The van der Waals surface area contributed by atoms with Crippen LogP contribution in [-0.2, 0) is 11.3 Å². The van der Waals surface area contributed by atoms with Gasteiger partial charge in [0.1, 0.15) is 0 Å². The van der Waals surface area contributed by atoms with E-state index in [9.17, 15) is 0 Å². The maximum Gasteiger partial charge on any atom is 0.203 e. The Kier molecular flexibility index (Phi) is 6.62. The number of nitrogens with zero attached hydrogens (tertiary/aromatic N) is 1. The molecule has 7 heteroatoms. The molecule has 2 aromatic carbocycles. The summed E-state index contributed by atoms with van der Waals surface area (Å²) in [6.45, 7) is 5.05. The molecule has 7 nitrogen and oxygen atoms in total. The third kappa shape index (κ3) is 3.50. The molecule has 1 aromatic heterocycles. The van der Waals surface area contributed by atoms with E-state index in [0.717, 1.165) is 34.3 Å². The second kappa shape index (κ2) is 9.17. The van der Waals surface area contributed by atoms with Gasteiger partial charge in [-0.15, -0.1) is 0 Å². The number of aryl methyl sites for hydroxylation is 2. The highest BCUT2D eigenvalue weighted by molar-refractivity contribution is 5.97. The summed E-state index contributed by atoms with van der Waals surface area (Å²) in [4.78, 5) is 0. The number of hydrogen-bond donors (Lipinski definition) is 0. The van der Waals surface area contributed by atoms with Gasteiger partial charge in [0.25, 0.3) is 0 Å². The summed E-state index contributed by atoms with van der Waals surface area (Å²) in [6, 6.07) is 7.89. The maximum absolute atomic E-state index is 5.93. The summed E-state index contributed by atoms with van der Waals surface area (Å²) in [5.74, 6) is 3.08. The lowest BCUT2D eigenvalue weighted by Crippen LogP contribution is -2.05. The molecule has 162 valence electrons. The van der Waals surface area contributed by atoms with E-state index < -0.39 is 0 Å². The average Bonchev–Trinajstić information content (AvgIpc) is 3.07. The Morgan fingerprint density at radius 3 is 1.93 bits per heavy atom. The van der Waals surface area contributed by atoms with E-state index >= 15 is 0 Å². The Balaban J connectivity index is 2.36. The molecule has 0 aliphatic rings. The largest absolute Gasteiger partial charge is 0.493 e. The second-order valence-corrected chi connectivity index (χ2v) is 6.68. The average molecular weight is 415 g/mol. The monoisotopic (exact) mass is 415 g/mol. The normalized spacial score (nSPS) is 10.9. The Hall–Kier alpha value is -3.06. The molecular formula is C23H29NO6. The van der Waals surface area contributed by atoms with Crippen LogP contribution in [-0.4, -0.2) is 46.9 Å². The molecule has 0 fully saturated rings. The van der Waals surface area contributed by atoms with Crippen molar-refractivity contribution in [3.05, 3.63) is 29.8 Å². The lowest BCUT2D eigenvalue weighted by Gasteiger charge is -2.17. The highest BCUT2D eigenvalue weighted by Crippen LogP contribution is 2.46. The van der Waals surface area contributed by atoms with Crippen LogP contribution in [0.4, 0.5) is 0 Å². The van der Waals surface area contributed by atoms with Crippen molar-refractivity contribution in [1.29, 1.82) is 0 Å². The fourth-order valence-electron chi connectivity index (χ4n) is 3.89. The van der Waals surface area contributed by atoms with Gasteiger partial charge in [-0.2, -0.15) is 0 Å².